The first-order valence-electron chi connectivity index (χ1n) is 13.8. The summed E-state index contributed by atoms with van der Waals surface area (Å²) in [6, 6.07) is 0. The topological polar surface area (TPSA) is 208 Å². The molecular weight excluding hydrogens is 670 g/mol. The minimum Gasteiger partial charge on any atom is -0.382 e. The SMILES string of the molecule is [B]P1(=O)OC[C@H]2O[C@@H](n3cnc4c(N)ncnc43)C(F)[C@H]2OP([B])(=O)OC[C@H]2O[C@@H](n3cc(F)c4c(=O)n(C)cnc43)[C@@H](OC)C2O1. The number of alkyl halides is 1. The Hall–Kier alpha value is -3.06. The van der Waals surface area contributed by atoms with E-state index in [1.807, 2.05) is 0 Å². The van der Waals surface area contributed by atoms with Crippen LogP contribution in [0.3, 0.4) is 0 Å². The van der Waals surface area contributed by atoms with E-state index in [0.29, 0.717) is 0 Å². The second-order valence-corrected chi connectivity index (χ2v) is 14.0. The van der Waals surface area contributed by atoms with Gasteiger partial charge in [-0.1, -0.05) is 0 Å². The van der Waals surface area contributed by atoms with E-state index in [4.69, 9.17) is 53.2 Å². The van der Waals surface area contributed by atoms with E-state index >= 15 is 4.39 Å². The van der Waals surface area contributed by atoms with Crippen LogP contribution in [-0.4, -0.2) is 106 Å². The average molecular weight is 694 g/mol. The van der Waals surface area contributed by atoms with Crippen molar-refractivity contribution in [3.63, 3.8) is 0 Å². The van der Waals surface area contributed by atoms with Crippen LogP contribution < -0.4 is 11.3 Å². The van der Waals surface area contributed by atoms with Crippen molar-refractivity contribution in [3.8, 4) is 0 Å². The number of aromatic nitrogens is 7. The van der Waals surface area contributed by atoms with Gasteiger partial charge in [0.05, 0.1) is 25.9 Å². The van der Waals surface area contributed by atoms with Gasteiger partial charge in [-0.15, -0.1) is 0 Å². The molecule has 4 unspecified atom stereocenters. The molecule has 3 saturated heterocycles. The molecule has 4 aromatic rings. The molecule has 24 heteroatoms. The fourth-order valence-corrected chi connectivity index (χ4v) is 7.83. The number of nitrogens with zero attached hydrogens (tertiary/aromatic N) is 7. The van der Waals surface area contributed by atoms with Crippen LogP contribution in [0.1, 0.15) is 12.5 Å². The van der Waals surface area contributed by atoms with E-state index in [0.717, 1.165) is 17.1 Å². The third kappa shape index (κ3) is 5.64. The van der Waals surface area contributed by atoms with Gasteiger partial charge >= 0.3 is 0 Å². The Labute approximate surface area is 265 Å². The lowest BCUT2D eigenvalue weighted by atomic mass is 10.1. The highest BCUT2D eigenvalue weighted by atomic mass is 31.2. The number of nitrogens with two attached hydrogens (primary N) is 1. The first-order valence-corrected chi connectivity index (χ1v) is 17.1. The van der Waals surface area contributed by atoms with Gasteiger partial charge in [0.1, 0.15) is 47.8 Å². The van der Waals surface area contributed by atoms with Gasteiger partial charge in [0.2, 0.25) is 15.1 Å². The Morgan fingerprint density at radius 1 is 0.957 bits per heavy atom. The maximum Gasteiger partial charge on any atom is 0.265 e. The summed E-state index contributed by atoms with van der Waals surface area (Å²) < 4.78 is 101. The molecule has 7 heterocycles. The molecule has 3 aliphatic rings. The van der Waals surface area contributed by atoms with Crippen LogP contribution in [0.4, 0.5) is 14.6 Å². The molecule has 10 atom stereocenters. The van der Waals surface area contributed by atoms with Gasteiger partial charge in [-0.3, -0.25) is 18.5 Å². The van der Waals surface area contributed by atoms with Crippen molar-refractivity contribution >= 4 is 58.1 Å². The summed E-state index contributed by atoms with van der Waals surface area (Å²) in [5.74, 6) is -0.859. The molecule has 0 saturated carbocycles. The third-order valence-corrected chi connectivity index (χ3v) is 10.1. The molecule has 4 aromatic heterocycles. The largest absolute Gasteiger partial charge is 0.382 e. The molecule has 0 bridgehead atoms. The van der Waals surface area contributed by atoms with Crippen molar-refractivity contribution in [2.75, 3.05) is 26.1 Å². The number of hydrogen-bond donors (Lipinski definition) is 1. The highest BCUT2D eigenvalue weighted by Gasteiger charge is 2.53. The van der Waals surface area contributed by atoms with Gasteiger partial charge < -0.3 is 47.2 Å². The van der Waals surface area contributed by atoms with E-state index in [9.17, 15) is 18.3 Å². The molecule has 0 aliphatic carbocycles. The number of aryl methyl sites for hydroxylation is 1. The quantitative estimate of drug-likeness (QED) is 0.233. The molecule has 47 heavy (non-hydrogen) atoms. The van der Waals surface area contributed by atoms with Crippen molar-refractivity contribution in [1.82, 2.24) is 33.6 Å². The molecule has 246 valence electrons. The zero-order chi connectivity index (χ0) is 33.4. The number of anilines is 1. The normalized spacial score (nSPS) is 36.6. The summed E-state index contributed by atoms with van der Waals surface area (Å²) >= 11 is 0. The van der Waals surface area contributed by atoms with E-state index in [2.05, 4.69) is 19.9 Å². The van der Waals surface area contributed by atoms with E-state index in [1.165, 1.54) is 35.9 Å². The lowest BCUT2D eigenvalue weighted by molar-refractivity contribution is -0.0588. The third-order valence-electron chi connectivity index (χ3n) is 7.98. The van der Waals surface area contributed by atoms with E-state index < -0.39 is 88.7 Å². The number of halogens is 2. The number of hydrogen-bond acceptors (Lipinski definition) is 15. The number of ether oxygens (including phenoxy) is 3. The number of methoxy groups -OCH3 is 1. The molecule has 18 nitrogen and oxygen atoms in total. The smallest absolute Gasteiger partial charge is 0.265 e. The second kappa shape index (κ2) is 11.8. The van der Waals surface area contributed by atoms with Crippen LogP contribution >= 0.6 is 14.9 Å². The summed E-state index contributed by atoms with van der Waals surface area (Å²) in [5, 5.41) is -0.325. The summed E-state index contributed by atoms with van der Waals surface area (Å²) in [5.41, 5.74) is 5.38. The number of imidazole rings is 1. The van der Waals surface area contributed by atoms with Gasteiger partial charge in [0.25, 0.3) is 20.5 Å². The van der Waals surface area contributed by atoms with Crippen molar-refractivity contribution < 1.29 is 50.2 Å². The summed E-state index contributed by atoms with van der Waals surface area (Å²) in [6.45, 7) is -1.36. The number of rotatable bonds is 3. The fraction of sp³-hybridized carbons (Fsp3) is 0.522. The monoisotopic (exact) mass is 694 g/mol. The average Bonchev–Trinajstić information content (AvgIpc) is 3.76. The van der Waals surface area contributed by atoms with Crippen molar-refractivity contribution in [2.24, 2.45) is 7.05 Å². The molecule has 4 radical (unpaired) electrons. The van der Waals surface area contributed by atoms with Crippen LogP contribution in [0, 0.1) is 5.82 Å². The van der Waals surface area contributed by atoms with Gasteiger partial charge in [-0.25, -0.2) is 28.7 Å². The lowest BCUT2D eigenvalue weighted by Gasteiger charge is -2.30. The van der Waals surface area contributed by atoms with E-state index in [1.54, 1.807) is 0 Å². The molecule has 2 N–H and O–H groups in total. The molecule has 3 fully saturated rings. The highest BCUT2D eigenvalue weighted by Crippen LogP contribution is 2.54. The van der Waals surface area contributed by atoms with Gasteiger partial charge in [0, 0.05) is 20.4 Å². The zero-order valence-corrected chi connectivity index (χ0v) is 26.2. The van der Waals surface area contributed by atoms with Gasteiger partial charge in [-0.05, 0) is 0 Å². The highest BCUT2D eigenvalue weighted by molar-refractivity contribution is 7.79. The van der Waals surface area contributed by atoms with Crippen LogP contribution in [0.25, 0.3) is 22.2 Å². The molecule has 0 spiro atoms. The van der Waals surface area contributed by atoms with Crippen molar-refractivity contribution in [1.29, 1.82) is 0 Å². The predicted molar refractivity (Wildman–Crippen MR) is 157 cm³/mol. The molecular formula is C23H24B2F2N8O10P2. The lowest BCUT2D eigenvalue weighted by Crippen LogP contribution is -2.39. The Kier molecular flexibility index (Phi) is 8.17. The van der Waals surface area contributed by atoms with Gasteiger partial charge in [-0.2, -0.15) is 0 Å². The van der Waals surface area contributed by atoms with E-state index in [-0.39, 0.29) is 28.0 Å². The second-order valence-electron chi connectivity index (χ2n) is 10.9. The Morgan fingerprint density at radius 2 is 1.62 bits per heavy atom. The maximum absolute atomic E-state index is 16.0. The fourth-order valence-electron chi connectivity index (χ4n) is 5.81. The summed E-state index contributed by atoms with van der Waals surface area (Å²) in [6.07, 6.45) is -7.29. The minimum absolute atomic E-state index is 0.0364. The first-order chi connectivity index (χ1) is 22.3. The summed E-state index contributed by atoms with van der Waals surface area (Å²) in [7, 11) is 5.37. The van der Waals surface area contributed by atoms with Crippen LogP contribution in [-0.2, 0) is 48.5 Å². The first kappa shape index (κ1) is 32.5. The van der Waals surface area contributed by atoms with Crippen molar-refractivity contribution in [3.05, 3.63) is 41.3 Å². The number of fused-ring (bicyclic) bond motifs is 4. The predicted octanol–water partition coefficient (Wildman–Crippen LogP) is 0.814. The van der Waals surface area contributed by atoms with Crippen LogP contribution in [0.5, 0.6) is 0 Å². The Bertz CT molecular complexity index is 2020. The molecule has 0 amide bonds. The zero-order valence-electron chi connectivity index (χ0n) is 24.4. The minimum atomic E-state index is -4.60. The van der Waals surface area contributed by atoms with Crippen LogP contribution in [0.15, 0.2) is 30.0 Å². The van der Waals surface area contributed by atoms with Gasteiger partial charge in [0.15, 0.2) is 41.6 Å². The molecule has 3 aliphatic heterocycles. The standard InChI is InChI=1S/C23H24B2F2N8O10P2/c1-33-7-32-19-12(21(33)36)9(26)3-34(19)23-17(39-2)16-11(43-23)5-41-46(24,37)44-15-10(4-40-47(25,38)45-16)42-22(13(15)27)35-8-31-14-18(28)29-6-30-20(14)35/h3,6-8,10-11,13,15-17,22-23H,4-5H2,1-2H3,(H2,28,29,30)/t10-,11-,13?,15+,16?,17+,22-,23-,46?,47?/m1/s1. The van der Waals surface area contributed by atoms with Crippen LogP contribution in [0.2, 0.25) is 0 Å². The molecule has 0 aromatic carbocycles. The Balaban J connectivity index is 1.19. The summed E-state index contributed by atoms with van der Waals surface area (Å²) in [4.78, 5) is 28.8. The number of nitrogen functional groups attached to an aromatic ring is 1. The molecule has 7 rings (SSSR count). The van der Waals surface area contributed by atoms with Crippen molar-refractivity contribution in [2.45, 2.75) is 49.1 Å². The Morgan fingerprint density at radius 3 is 2.32 bits per heavy atom. The maximum atomic E-state index is 16.0.